The van der Waals surface area contributed by atoms with Crippen molar-refractivity contribution in [2.24, 2.45) is 5.92 Å². The fourth-order valence-corrected chi connectivity index (χ4v) is 1.24. The van der Waals surface area contributed by atoms with Crippen LogP contribution in [0.5, 0.6) is 5.75 Å². The van der Waals surface area contributed by atoms with Crippen molar-refractivity contribution in [2.45, 2.75) is 12.8 Å². The summed E-state index contributed by atoms with van der Waals surface area (Å²) in [7, 11) is 0. The molecule has 2 rings (SSSR count). The highest BCUT2D eigenvalue weighted by Crippen LogP contribution is 2.30. The van der Waals surface area contributed by atoms with Crippen molar-refractivity contribution in [3.05, 3.63) is 29.6 Å². The molecule has 0 heterocycles. The number of carbonyl (C=O) groups excluding carboxylic acids is 1. The molecule has 0 amide bonds. The van der Waals surface area contributed by atoms with E-state index in [1.165, 1.54) is 31.0 Å². The summed E-state index contributed by atoms with van der Waals surface area (Å²) < 4.78 is 18.1. The highest BCUT2D eigenvalue weighted by Gasteiger charge is 2.22. The number of carbonyl (C=O) groups is 1. The number of hydrogen-bond acceptors (Lipinski definition) is 2. The van der Waals surface area contributed by atoms with Crippen molar-refractivity contribution in [3.8, 4) is 5.75 Å². The Morgan fingerprint density at radius 1 is 1.50 bits per heavy atom. The molecular formula is C11H11FO2. The molecular weight excluding hydrogens is 183 g/mol. The lowest BCUT2D eigenvalue weighted by atomic mass is 10.2. The van der Waals surface area contributed by atoms with E-state index in [1.807, 2.05) is 0 Å². The molecule has 1 aliphatic carbocycles. The lowest BCUT2D eigenvalue weighted by molar-refractivity contribution is 0.111. The predicted octanol–water partition coefficient (Wildman–Crippen LogP) is 2.43. The number of ether oxygens (including phenoxy) is 1. The van der Waals surface area contributed by atoms with E-state index in [1.54, 1.807) is 0 Å². The third kappa shape index (κ3) is 2.10. The third-order valence-corrected chi connectivity index (χ3v) is 2.27. The van der Waals surface area contributed by atoms with Crippen LogP contribution in [0.4, 0.5) is 4.39 Å². The van der Waals surface area contributed by atoms with Gasteiger partial charge in [0.15, 0.2) is 6.29 Å². The average Bonchev–Trinajstić information content (AvgIpc) is 2.99. The van der Waals surface area contributed by atoms with E-state index in [9.17, 15) is 9.18 Å². The zero-order chi connectivity index (χ0) is 9.97. The molecule has 0 unspecified atom stereocenters. The van der Waals surface area contributed by atoms with E-state index in [-0.39, 0.29) is 5.56 Å². The van der Waals surface area contributed by atoms with Crippen LogP contribution in [0.1, 0.15) is 23.2 Å². The Hall–Kier alpha value is -1.38. The highest BCUT2D eigenvalue weighted by atomic mass is 19.1. The Morgan fingerprint density at radius 3 is 2.93 bits per heavy atom. The molecule has 1 fully saturated rings. The van der Waals surface area contributed by atoms with Gasteiger partial charge in [-0.1, -0.05) is 0 Å². The van der Waals surface area contributed by atoms with E-state index in [0.29, 0.717) is 24.6 Å². The minimum absolute atomic E-state index is 0.283. The summed E-state index contributed by atoms with van der Waals surface area (Å²) in [6.45, 7) is 0.631. The summed E-state index contributed by atoms with van der Waals surface area (Å²) >= 11 is 0. The average molecular weight is 194 g/mol. The zero-order valence-electron chi connectivity index (χ0n) is 7.70. The summed E-state index contributed by atoms with van der Waals surface area (Å²) in [6.07, 6.45) is 3.00. The molecule has 0 atom stereocenters. The Labute approximate surface area is 81.7 Å². The first-order valence-electron chi connectivity index (χ1n) is 4.67. The Bertz CT molecular complexity index is 345. The molecule has 0 aromatic heterocycles. The molecule has 0 radical (unpaired) electrons. The summed E-state index contributed by atoms with van der Waals surface area (Å²) in [5, 5.41) is 0. The van der Waals surface area contributed by atoms with Crippen LogP contribution in [0.15, 0.2) is 18.2 Å². The van der Waals surface area contributed by atoms with E-state index >= 15 is 0 Å². The molecule has 74 valence electrons. The maximum atomic E-state index is 12.7. The summed E-state index contributed by atoms with van der Waals surface area (Å²) in [5.41, 5.74) is 0.283. The van der Waals surface area contributed by atoms with Crippen LogP contribution in [0.3, 0.4) is 0 Å². The fraction of sp³-hybridized carbons (Fsp3) is 0.364. The van der Waals surface area contributed by atoms with Crippen LogP contribution < -0.4 is 4.74 Å². The van der Waals surface area contributed by atoms with Gasteiger partial charge >= 0.3 is 0 Å². The lowest BCUT2D eigenvalue weighted by Crippen LogP contribution is -2.01. The van der Waals surface area contributed by atoms with Crippen molar-refractivity contribution >= 4 is 6.29 Å². The van der Waals surface area contributed by atoms with Crippen LogP contribution in [0.2, 0.25) is 0 Å². The van der Waals surface area contributed by atoms with Gasteiger partial charge in [0.25, 0.3) is 0 Å². The summed E-state index contributed by atoms with van der Waals surface area (Å²) in [6, 6.07) is 3.99. The maximum absolute atomic E-state index is 12.7. The van der Waals surface area contributed by atoms with Gasteiger partial charge in [-0.25, -0.2) is 4.39 Å². The summed E-state index contributed by atoms with van der Waals surface area (Å²) in [4.78, 5) is 10.6. The van der Waals surface area contributed by atoms with Gasteiger partial charge in [-0.15, -0.1) is 0 Å². The SMILES string of the molecule is O=Cc1cc(F)ccc1OCC1CC1. The molecule has 14 heavy (non-hydrogen) atoms. The quantitative estimate of drug-likeness (QED) is 0.688. The largest absolute Gasteiger partial charge is 0.493 e. The second kappa shape index (κ2) is 3.78. The minimum atomic E-state index is -0.411. The van der Waals surface area contributed by atoms with E-state index < -0.39 is 5.82 Å². The predicted molar refractivity (Wildman–Crippen MR) is 50.0 cm³/mol. The molecule has 0 saturated heterocycles. The molecule has 0 aliphatic heterocycles. The van der Waals surface area contributed by atoms with Crippen LogP contribution in [-0.4, -0.2) is 12.9 Å². The molecule has 1 aromatic carbocycles. The Kier molecular flexibility index (Phi) is 2.48. The van der Waals surface area contributed by atoms with Crippen LogP contribution in [0, 0.1) is 11.7 Å². The lowest BCUT2D eigenvalue weighted by Gasteiger charge is -2.06. The maximum Gasteiger partial charge on any atom is 0.153 e. The van der Waals surface area contributed by atoms with Gasteiger partial charge in [0.1, 0.15) is 11.6 Å². The Morgan fingerprint density at radius 2 is 2.29 bits per heavy atom. The fourth-order valence-electron chi connectivity index (χ4n) is 1.24. The molecule has 2 nitrogen and oxygen atoms in total. The molecule has 1 saturated carbocycles. The van der Waals surface area contributed by atoms with Crippen molar-refractivity contribution < 1.29 is 13.9 Å². The van der Waals surface area contributed by atoms with Gasteiger partial charge in [-0.3, -0.25) is 4.79 Å². The topological polar surface area (TPSA) is 26.3 Å². The van der Waals surface area contributed by atoms with Crippen molar-refractivity contribution in [1.82, 2.24) is 0 Å². The van der Waals surface area contributed by atoms with Crippen molar-refractivity contribution in [1.29, 1.82) is 0 Å². The Balaban J connectivity index is 2.09. The van der Waals surface area contributed by atoms with E-state index in [2.05, 4.69) is 0 Å². The standard InChI is InChI=1S/C11H11FO2/c12-10-3-4-11(9(5-10)6-13)14-7-8-1-2-8/h3-6,8H,1-2,7H2. The first kappa shape index (κ1) is 9.19. The zero-order valence-corrected chi connectivity index (χ0v) is 7.70. The molecule has 0 N–H and O–H groups in total. The number of rotatable bonds is 4. The van der Waals surface area contributed by atoms with Gasteiger partial charge < -0.3 is 4.74 Å². The molecule has 0 bridgehead atoms. The second-order valence-corrected chi connectivity index (χ2v) is 3.55. The second-order valence-electron chi connectivity index (χ2n) is 3.55. The van der Waals surface area contributed by atoms with Crippen LogP contribution in [-0.2, 0) is 0 Å². The van der Waals surface area contributed by atoms with Gasteiger partial charge in [0, 0.05) is 0 Å². The van der Waals surface area contributed by atoms with Gasteiger partial charge in [0.2, 0.25) is 0 Å². The minimum Gasteiger partial charge on any atom is -0.493 e. The van der Waals surface area contributed by atoms with Crippen molar-refractivity contribution in [2.75, 3.05) is 6.61 Å². The molecule has 1 aliphatic rings. The van der Waals surface area contributed by atoms with Gasteiger partial charge in [0.05, 0.1) is 12.2 Å². The van der Waals surface area contributed by atoms with E-state index in [0.717, 1.165) is 0 Å². The number of aldehydes is 1. The normalized spacial score (nSPS) is 15.2. The van der Waals surface area contributed by atoms with Crippen LogP contribution >= 0.6 is 0 Å². The summed E-state index contributed by atoms with van der Waals surface area (Å²) in [5.74, 6) is 0.693. The van der Waals surface area contributed by atoms with Gasteiger partial charge in [-0.05, 0) is 37.0 Å². The monoisotopic (exact) mass is 194 g/mol. The first-order valence-corrected chi connectivity index (χ1v) is 4.67. The third-order valence-electron chi connectivity index (χ3n) is 2.27. The van der Waals surface area contributed by atoms with E-state index in [4.69, 9.17) is 4.74 Å². The highest BCUT2D eigenvalue weighted by molar-refractivity contribution is 5.79. The molecule has 0 spiro atoms. The number of hydrogen-bond donors (Lipinski definition) is 0. The smallest absolute Gasteiger partial charge is 0.153 e. The number of halogens is 1. The van der Waals surface area contributed by atoms with Crippen LogP contribution in [0.25, 0.3) is 0 Å². The molecule has 3 heteroatoms. The van der Waals surface area contributed by atoms with Crippen molar-refractivity contribution in [3.63, 3.8) is 0 Å². The molecule has 1 aromatic rings. The van der Waals surface area contributed by atoms with Gasteiger partial charge in [-0.2, -0.15) is 0 Å². The first-order chi connectivity index (χ1) is 6.79. The number of benzene rings is 1.